The van der Waals surface area contributed by atoms with Crippen molar-refractivity contribution in [2.45, 2.75) is 37.6 Å². The van der Waals surface area contributed by atoms with Crippen LogP contribution in [0.25, 0.3) is 0 Å². The van der Waals surface area contributed by atoms with Gasteiger partial charge in [0.15, 0.2) is 5.75 Å². The zero-order valence-electron chi connectivity index (χ0n) is 15.4. The van der Waals surface area contributed by atoms with Gasteiger partial charge in [-0.3, -0.25) is 19.6 Å². The SMILES string of the molecule is CCCC(C)NC(=O)c1ccc(NS(=O)(=O)c2ccc(O)c([N+](=O)[O-])c2)cc1. The summed E-state index contributed by atoms with van der Waals surface area (Å²) in [6, 6.07) is 8.60. The Balaban J connectivity index is 2.16. The second kappa shape index (κ2) is 8.70. The number of nitro benzene ring substituents is 1. The molecule has 3 N–H and O–H groups in total. The Morgan fingerprint density at radius 1 is 1.21 bits per heavy atom. The third-order valence-corrected chi connectivity index (χ3v) is 5.33. The lowest BCUT2D eigenvalue weighted by molar-refractivity contribution is -0.386. The van der Waals surface area contributed by atoms with Gasteiger partial charge in [0.1, 0.15) is 0 Å². The molecule has 2 aromatic rings. The van der Waals surface area contributed by atoms with Crippen LogP contribution in [-0.4, -0.2) is 30.4 Å². The quantitative estimate of drug-likeness (QED) is 0.454. The van der Waals surface area contributed by atoms with Crippen LogP contribution in [0.15, 0.2) is 47.4 Å². The third kappa shape index (κ3) is 5.19. The number of rotatable bonds is 8. The Morgan fingerprint density at radius 3 is 2.43 bits per heavy atom. The molecule has 10 heteroatoms. The molecule has 2 aromatic carbocycles. The number of benzene rings is 2. The number of hydrogen-bond donors (Lipinski definition) is 3. The van der Waals surface area contributed by atoms with Gasteiger partial charge in [-0.25, -0.2) is 8.42 Å². The predicted octanol–water partition coefficient (Wildman–Crippen LogP) is 3.02. The van der Waals surface area contributed by atoms with Gasteiger partial charge in [-0.2, -0.15) is 0 Å². The highest BCUT2D eigenvalue weighted by Crippen LogP contribution is 2.29. The van der Waals surface area contributed by atoms with E-state index in [1.807, 2.05) is 13.8 Å². The Hall–Kier alpha value is -3.14. The van der Waals surface area contributed by atoms with Gasteiger partial charge >= 0.3 is 5.69 Å². The maximum absolute atomic E-state index is 12.4. The lowest BCUT2D eigenvalue weighted by Crippen LogP contribution is -2.32. The summed E-state index contributed by atoms with van der Waals surface area (Å²) >= 11 is 0. The highest BCUT2D eigenvalue weighted by Gasteiger charge is 2.21. The molecule has 2 rings (SSSR count). The van der Waals surface area contributed by atoms with E-state index in [0.717, 1.165) is 31.0 Å². The van der Waals surface area contributed by atoms with Crippen molar-refractivity contribution in [2.75, 3.05) is 4.72 Å². The van der Waals surface area contributed by atoms with Crippen LogP contribution in [-0.2, 0) is 10.0 Å². The van der Waals surface area contributed by atoms with Gasteiger partial charge in [-0.1, -0.05) is 13.3 Å². The van der Waals surface area contributed by atoms with Gasteiger partial charge in [0, 0.05) is 23.4 Å². The average molecular weight is 407 g/mol. The van der Waals surface area contributed by atoms with E-state index in [2.05, 4.69) is 10.0 Å². The first kappa shape index (κ1) is 21.2. The van der Waals surface area contributed by atoms with Crippen molar-refractivity contribution in [3.8, 4) is 5.75 Å². The van der Waals surface area contributed by atoms with E-state index in [1.54, 1.807) is 0 Å². The highest BCUT2D eigenvalue weighted by molar-refractivity contribution is 7.92. The van der Waals surface area contributed by atoms with E-state index in [-0.39, 0.29) is 22.5 Å². The molecule has 0 radical (unpaired) electrons. The van der Waals surface area contributed by atoms with Crippen molar-refractivity contribution in [3.05, 3.63) is 58.1 Å². The molecule has 0 saturated carbocycles. The van der Waals surface area contributed by atoms with E-state index in [0.29, 0.717) is 5.56 Å². The van der Waals surface area contributed by atoms with Gasteiger partial charge in [0.25, 0.3) is 15.9 Å². The van der Waals surface area contributed by atoms with Crippen molar-refractivity contribution >= 4 is 27.3 Å². The smallest absolute Gasteiger partial charge is 0.312 e. The second-order valence-electron chi connectivity index (χ2n) is 6.25. The molecule has 0 spiro atoms. The molecule has 0 heterocycles. The zero-order valence-corrected chi connectivity index (χ0v) is 16.2. The summed E-state index contributed by atoms with van der Waals surface area (Å²) in [5.74, 6) is -0.888. The first-order chi connectivity index (χ1) is 13.1. The zero-order chi connectivity index (χ0) is 20.9. The van der Waals surface area contributed by atoms with E-state index in [9.17, 15) is 28.4 Å². The Morgan fingerprint density at radius 2 is 1.86 bits per heavy atom. The molecular weight excluding hydrogens is 386 g/mol. The number of nitrogens with zero attached hydrogens (tertiary/aromatic N) is 1. The maximum Gasteiger partial charge on any atom is 0.312 e. The molecule has 9 nitrogen and oxygen atoms in total. The summed E-state index contributed by atoms with van der Waals surface area (Å²) in [6.45, 7) is 3.92. The lowest BCUT2D eigenvalue weighted by Gasteiger charge is -2.13. The summed E-state index contributed by atoms with van der Waals surface area (Å²) in [4.78, 5) is 21.8. The maximum atomic E-state index is 12.4. The molecule has 0 fully saturated rings. The first-order valence-corrected chi connectivity index (χ1v) is 10.0. The molecule has 1 amide bonds. The summed E-state index contributed by atoms with van der Waals surface area (Å²) in [6.07, 6.45) is 1.79. The fraction of sp³-hybridized carbons (Fsp3) is 0.278. The topological polar surface area (TPSA) is 139 Å². The lowest BCUT2D eigenvalue weighted by atomic mass is 10.1. The monoisotopic (exact) mass is 407 g/mol. The van der Waals surface area contributed by atoms with Crippen molar-refractivity contribution in [3.63, 3.8) is 0 Å². The van der Waals surface area contributed by atoms with Crippen LogP contribution < -0.4 is 10.0 Å². The van der Waals surface area contributed by atoms with Crippen molar-refractivity contribution in [1.29, 1.82) is 0 Å². The van der Waals surface area contributed by atoms with Crippen molar-refractivity contribution < 1.29 is 23.2 Å². The number of aromatic hydroxyl groups is 1. The van der Waals surface area contributed by atoms with Crippen LogP contribution in [0, 0.1) is 10.1 Å². The predicted molar refractivity (Wildman–Crippen MR) is 104 cm³/mol. The van der Waals surface area contributed by atoms with Gasteiger partial charge < -0.3 is 10.4 Å². The van der Waals surface area contributed by atoms with E-state index in [4.69, 9.17) is 0 Å². The molecule has 1 atom stereocenters. The summed E-state index contributed by atoms with van der Waals surface area (Å²) in [5, 5.41) is 23.2. The van der Waals surface area contributed by atoms with Gasteiger partial charge in [0.05, 0.1) is 9.82 Å². The number of nitrogens with one attached hydrogen (secondary N) is 2. The number of anilines is 1. The molecule has 0 aliphatic carbocycles. The molecule has 0 saturated heterocycles. The molecule has 150 valence electrons. The fourth-order valence-electron chi connectivity index (χ4n) is 2.53. The minimum absolute atomic E-state index is 0.0287. The number of carbonyl (C=O) groups is 1. The molecule has 0 aliphatic rings. The largest absolute Gasteiger partial charge is 0.502 e. The van der Waals surface area contributed by atoms with Crippen LogP contribution in [0.3, 0.4) is 0 Å². The minimum atomic E-state index is -4.11. The molecule has 28 heavy (non-hydrogen) atoms. The second-order valence-corrected chi connectivity index (χ2v) is 7.94. The number of amides is 1. The number of phenols is 1. The van der Waals surface area contributed by atoms with E-state index < -0.39 is 26.4 Å². The Labute approximate surface area is 162 Å². The van der Waals surface area contributed by atoms with Crippen molar-refractivity contribution in [2.24, 2.45) is 0 Å². The van der Waals surface area contributed by atoms with E-state index in [1.165, 1.54) is 24.3 Å². The minimum Gasteiger partial charge on any atom is -0.502 e. The molecule has 0 aliphatic heterocycles. The van der Waals surface area contributed by atoms with Crippen LogP contribution in [0.1, 0.15) is 37.0 Å². The summed E-state index contributed by atoms with van der Waals surface area (Å²) < 4.78 is 27.1. The molecular formula is C18H21N3O6S. The summed E-state index contributed by atoms with van der Waals surface area (Å²) in [5.41, 5.74) is -0.142. The molecule has 0 bridgehead atoms. The number of hydrogen-bond acceptors (Lipinski definition) is 6. The standard InChI is InChI=1S/C18H21N3O6S/c1-3-4-12(2)19-18(23)13-5-7-14(8-6-13)20-28(26,27)15-9-10-17(22)16(11-15)21(24)25/h5-12,20,22H,3-4H2,1-2H3,(H,19,23). The van der Waals surface area contributed by atoms with Gasteiger partial charge in [-0.05, 0) is 49.7 Å². The Kier molecular flexibility index (Phi) is 6.57. The normalized spacial score (nSPS) is 12.2. The number of phenolic OH excluding ortho intramolecular Hbond substituents is 1. The van der Waals surface area contributed by atoms with Crippen LogP contribution in [0.2, 0.25) is 0 Å². The van der Waals surface area contributed by atoms with Crippen molar-refractivity contribution in [1.82, 2.24) is 5.32 Å². The fourth-order valence-corrected chi connectivity index (χ4v) is 3.61. The number of nitro groups is 1. The van der Waals surface area contributed by atoms with Crippen LogP contribution in [0.5, 0.6) is 5.75 Å². The molecule has 1 unspecified atom stereocenters. The van der Waals surface area contributed by atoms with Gasteiger partial charge in [0.2, 0.25) is 0 Å². The summed E-state index contributed by atoms with van der Waals surface area (Å²) in [7, 11) is -4.11. The number of carbonyl (C=O) groups excluding carboxylic acids is 1. The van der Waals surface area contributed by atoms with Gasteiger partial charge in [-0.15, -0.1) is 0 Å². The van der Waals surface area contributed by atoms with Crippen LogP contribution in [0.4, 0.5) is 11.4 Å². The highest BCUT2D eigenvalue weighted by atomic mass is 32.2. The Bertz CT molecular complexity index is 973. The van der Waals surface area contributed by atoms with Crippen LogP contribution >= 0.6 is 0 Å². The first-order valence-electron chi connectivity index (χ1n) is 8.55. The molecule has 0 aromatic heterocycles. The third-order valence-electron chi connectivity index (χ3n) is 3.95. The average Bonchev–Trinajstić information content (AvgIpc) is 2.62. The van der Waals surface area contributed by atoms with E-state index >= 15 is 0 Å². The number of sulfonamides is 1.